The first kappa shape index (κ1) is 9.52. The molecule has 0 radical (unpaired) electrons. The van der Waals surface area contributed by atoms with Crippen molar-refractivity contribution in [3.05, 3.63) is 12.4 Å². The molecule has 14 heavy (non-hydrogen) atoms. The topological polar surface area (TPSA) is 47.1 Å². The number of hydrogen-bond donors (Lipinski definition) is 1. The molecule has 0 amide bonds. The molecular formula is C10H18N4. The highest BCUT2D eigenvalue weighted by atomic mass is 15.3. The molecule has 1 aliphatic heterocycles. The van der Waals surface area contributed by atoms with Crippen LogP contribution >= 0.6 is 0 Å². The maximum Gasteiger partial charge on any atom is 0.0719 e. The van der Waals surface area contributed by atoms with Crippen LogP contribution in [0, 0.1) is 0 Å². The van der Waals surface area contributed by atoms with Crippen molar-refractivity contribution in [3.63, 3.8) is 0 Å². The molecule has 4 heteroatoms. The highest BCUT2D eigenvalue weighted by Gasteiger charge is 2.10. The Morgan fingerprint density at radius 3 is 2.71 bits per heavy atom. The summed E-state index contributed by atoms with van der Waals surface area (Å²) in [7, 11) is 0. The lowest BCUT2D eigenvalue weighted by atomic mass is 10.4. The van der Waals surface area contributed by atoms with Gasteiger partial charge in [-0.2, -0.15) is 5.10 Å². The van der Waals surface area contributed by atoms with Gasteiger partial charge in [-0.05, 0) is 38.9 Å². The normalized spacial score (nSPS) is 17.7. The number of nitrogens with two attached hydrogens (primary N) is 1. The summed E-state index contributed by atoms with van der Waals surface area (Å²) in [5.41, 5.74) is 6.33. The number of hydrogen-bond acceptors (Lipinski definition) is 3. The summed E-state index contributed by atoms with van der Waals surface area (Å²) >= 11 is 0. The maximum atomic E-state index is 5.58. The van der Waals surface area contributed by atoms with Gasteiger partial charge in [0.15, 0.2) is 0 Å². The van der Waals surface area contributed by atoms with Gasteiger partial charge in [-0.1, -0.05) is 0 Å². The van der Waals surface area contributed by atoms with Gasteiger partial charge in [0.1, 0.15) is 0 Å². The molecule has 1 saturated heterocycles. The Balaban J connectivity index is 1.67. The van der Waals surface area contributed by atoms with Gasteiger partial charge in [0.25, 0.3) is 0 Å². The van der Waals surface area contributed by atoms with Crippen LogP contribution in [-0.4, -0.2) is 34.3 Å². The first-order valence-electron chi connectivity index (χ1n) is 5.35. The second kappa shape index (κ2) is 4.46. The molecular weight excluding hydrogens is 176 g/mol. The minimum absolute atomic E-state index is 0.756. The average Bonchev–Trinajstić information content (AvgIpc) is 2.77. The van der Waals surface area contributed by atoms with Gasteiger partial charge in [-0.25, -0.2) is 0 Å². The van der Waals surface area contributed by atoms with Crippen LogP contribution in [0.3, 0.4) is 0 Å². The number of rotatable bonds is 4. The van der Waals surface area contributed by atoms with E-state index in [1.807, 2.05) is 10.9 Å². The molecule has 0 aliphatic carbocycles. The van der Waals surface area contributed by atoms with E-state index in [1.54, 1.807) is 6.20 Å². The second-order valence-corrected chi connectivity index (χ2v) is 3.94. The van der Waals surface area contributed by atoms with E-state index in [1.165, 1.54) is 38.9 Å². The molecule has 1 fully saturated rings. The molecule has 1 aromatic rings. The van der Waals surface area contributed by atoms with Crippen LogP contribution in [0.4, 0.5) is 5.69 Å². The summed E-state index contributed by atoms with van der Waals surface area (Å²) in [6, 6.07) is 0. The van der Waals surface area contributed by atoms with Crippen molar-refractivity contribution in [3.8, 4) is 0 Å². The van der Waals surface area contributed by atoms with Crippen LogP contribution < -0.4 is 5.73 Å². The number of aryl methyl sites for hydroxylation is 1. The minimum atomic E-state index is 0.756. The first-order valence-corrected chi connectivity index (χ1v) is 5.35. The van der Waals surface area contributed by atoms with Crippen molar-refractivity contribution in [2.45, 2.75) is 25.8 Å². The fraction of sp³-hybridized carbons (Fsp3) is 0.700. The molecule has 0 aromatic carbocycles. The van der Waals surface area contributed by atoms with E-state index in [0.717, 1.165) is 12.2 Å². The molecule has 2 heterocycles. The van der Waals surface area contributed by atoms with E-state index in [4.69, 9.17) is 5.73 Å². The predicted molar refractivity (Wildman–Crippen MR) is 56.9 cm³/mol. The average molecular weight is 194 g/mol. The fourth-order valence-electron chi connectivity index (χ4n) is 1.96. The molecule has 1 aliphatic rings. The number of nitrogens with zero attached hydrogens (tertiary/aromatic N) is 3. The number of likely N-dealkylation sites (tertiary alicyclic amines) is 1. The summed E-state index contributed by atoms with van der Waals surface area (Å²) in [5.74, 6) is 0. The van der Waals surface area contributed by atoms with Crippen molar-refractivity contribution < 1.29 is 0 Å². The van der Waals surface area contributed by atoms with Gasteiger partial charge in [-0.3, -0.25) is 4.68 Å². The summed E-state index contributed by atoms with van der Waals surface area (Å²) < 4.78 is 1.92. The minimum Gasteiger partial charge on any atom is -0.396 e. The molecule has 0 atom stereocenters. The summed E-state index contributed by atoms with van der Waals surface area (Å²) in [5, 5.41) is 4.15. The third-order valence-electron chi connectivity index (χ3n) is 2.71. The van der Waals surface area contributed by atoms with Crippen LogP contribution in [0.25, 0.3) is 0 Å². The monoisotopic (exact) mass is 194 g/mol. The van der Waals surface area contributed by atoms with Gasteiger partial charge in [-0.15, -0.1) is 0 Å². The van der Waals surface area contributed by atoms with Crippen molar-refractivity contribution in [2.75, 3.05) is 25.4 Å². The van der Waals surface area contributed by atoms with Gasteiger partial charge in [0, 0.05) is 12.7 Å². The van der Waals surface area contributed by atoms with E-state index in [2.05, 4.69) is 10.00 Å². The van der Waals surface area contributed by atoms with Gasteiger partial charge in [0.2, 0.25) is 0 Å². The predicted octanol–water partition coefficient (Wildman–Crippen LogP) is 0.951. The molecule has 2 N–H and O–H groups in total. The number of aromatic nitrogens is 2. The van der Waals surface area contributed by atoms with Crippen LogP contribution in [0.1, 0.15) is 19.3 Å². The molecule has 0 bridgehead atoms. The van der Waals surface area contributed by atoms with Crippen molar-refractivity contribution in [1.29, 1.82) is 0 Å². The molecule has 4 nitrogen and oxygen atoms in total. The highest BCUT2D eigenvalue weighted by molar-refractivity contribution is 5.30. The van der Waals surface area contributed by atoms with Crippen molar-refractivity contribution >= 4 is 5.69 Å². The zero-order chi connectivity index (χ0) is 9.80. The number of nitrogen functional groups attached to an aromatic ring is 1. The molecule has 0 unspecified atom stereocenters. The van der Waals surface area contributed by atoms with Crippen LogP contribution in [0.5, 0.6) is 0 Å². The molecule has 0 spiro atoms. The quantitative estimate of drug-likeness (QED) is 0.776. The van der Waals surface area contributed by atoms with E-state index in [-0.39, 0.29) is 0 Å². The molecule has 2 rings (SSSR count). The lowest BCUT2D eigenvalue weighted by Gasteiger charge is -2.13. The Labute approximate surface area is 84.7 Å². The largest absolute Gasteiger partial charge is 0.396 e. The third-order valence-corrected chi connectivity index (χ3v) is 2.71. The van der Waals surface area contributed by atoms with Gasteiger partial charge >= 0.3 is 0 Å². The highest BCUT2D eigenvalue weighted by Crippen LogP contribution is 2.08. The SMILES string of the molecule is Nc1cnn(CCCN2CCCC2)c1. The molecule has 0 saturated carbocycles. The zero-order valence-electron chi connectivity index (χ0n) is 8.52. The van der Waals surface area contributed by atoms with E-state index >= 15 is 0 Å². The van der Waals surface area contributed by atoms with Gasteiger partial charge in [0.05, 0.1) is 11.9 Å². The first-order chi connectivity index (χ1) is 6.84. The Morgan fingerprint density at radius 1 is 1.29 bits per heavy atom. The third kappa shape index (κ3) is 2.48. The summed E-state index contributed by atoms with van der Waals surface area (Å²) in [4.78, 5) is 2.52. The Hall–Kier alpha value is -1.03. The summed E-state index contributed by atoms with van der Waals surface area (Å²) in [6.45, 7) is 4.73. The van der Waals surface area contributed by atoms with E-state index < -0.39 is 0 Å². The van der Waals surface area contributed by atoms with Crippen LogP contribution in [0.15, 0.2) is 12.4 Å². The molecule has 1 aromatic heterocycles. The Morgan fingerprint density at radius 2 is 2.07 bits per heavy atom. The Bertz CT molecular complexity index is 275. The maximum absolute atomic E-state index is 5.58. The van der Waals surface area contributed by atoms with E-state index in [9.17, 15) is 0 Å². The second-order valence-electron chi connectivity index (χ2n) is 3.94. The molecule has 78 valence electrons. The smallest absolute Gasteiger partial charge is 0.0719 e. The van der Waals surface area contributed by atoms with Gasteiger partial charge < -0.3 is 10.6 Å². The summed E-state index contributed by atoms with van der Waals surface area (Å²) in [6.07, 6.45) is 7.50. The lowest BCUT2D eigenvalue weighted by molar-refractivity contribution is 0.322. The zero-order valence-corrected chi connectivity index (χ0v) is 8.52. The fourth-order valence-corrected chi connectivity index (χ4v) is 1.96. The van der Waals surface area contributed by atoms with Crippen molar-refractivity contribution in [2.24, 2.45) is 0 Å². The Kier molecular flexibility index (Phi) is 3.03. The van der Waals surface area contributed by atoms with Crippen LogP contribution in [-0.2, 0) is 6.54 Å². The lowest BCUT2D eigenvalue weighted by Crippen LogP contribution is -2.21. The number of anilines is 1. The standard InChI is InChI=1S/C10H18N4/c11-10-8-12-14(9-10)7-3-6-13-4-1-2-5-13/h8-9H,1-7,11H2. The van der Waals surface area contributed by atoms with E-state index in [0.29, 0.717) is 0 Å². The van der Waals surface area contributed by atoms with Crippen molar-refractivity contribution in [1.82, 2.24) is 14.7 Å². The van der Waals surface area contributed by atoms with Crippen LogP contribution in [0.2, 0.25) is 0 Å².